The first-order valence-electron chi connectivity index (χ1n) is 5.90. The second kappa shape index (κ2) is 4.76. The fourth-order valence-electron chi connectivity index (χ4n) is 1.92. The van der Waals surface area contributed by atoms with Crippen LogP contribution in [-0.2, 0) is 0 Å². The molecule has 0 saturated heterocycles. The average molecular weight is 230 g/mol. The van der Waals surface area contributed by atoms with Crippen molar-refractivity contribution < 1.29 is 9.52 Å². The molecule has 2 aromatic rings. The van der Waals surface area contributed by atoms with E-state index < -0.39 is 6.10 Å². The van der Waals surface area contributed by atoms with E-state index in [4.69, 9.17) is 4.42 Å². The van der Waals surface area contributed by atoms with Gasteiger partial charge in [-0.2, -0.15) is 0 Å². The number of benzene rings is 1. The quantitative estimate of drug-likeness (QED) is 0.870. The van der Waals surface area contributed by atoms with Crippen LogP contribution in [0.2, 0.25) is 0 Å². The number of hydrogen-bond acceptors (Lipinski definition) is 2. The van der Waals surface area contributed by atoms with E-state index in [1.165, 1.54) is 5.56 Å². The summed E-state index contributed by atoms with van der Waals surface area (Å²) in [5.41, 5.74) is 4.10. The molecule has 1 atom stereocenters. The van der Waals surface area contributed by atoms with Crippen LogP contribution in [0.25, 0.3) is 0 Å². The Labute approximate surface area is 102 Å². The van der Waals surface area contributed by atoms with Crippen molar-refractivity contribution in [2.24, 2.45) is 0 Å². The number of aliphatic hydroxyl groups is 1. The second-order valence-electron chi connectivity index (χ2n) is 4.73. The minimum Gasteiger partial charge on any atom is -0.472 e. The molecular weight excluding hydrogens is 212 g/mol. The predicted molar refractivity (Wildman–Crippen MR) is 68.0 cm³/mol. The van der Waals surface area contributed by atoms with E-state index in [0.717, 1.165) is 16.7 Å². The van der Waals surface area contributed by atoms with Crippen molar-refractivity contribution in [2.75, 3.05) is 0 Å². The zero-order valence-electron chi connectivity index (χ0n) is 10.5. The van der Waals surface area contributed by atoms with Gasteiger partial charge in [0.15, 0.2) is 0 Å². The number of aryl methyl sites for hydroxylation is 1. The maximum absolute atomic E-state index is 10.3. The summed E-state index contributed by atoms with van der Waals surface area (Å²) in [6.07, 6.45) is 2.57. The Morgan fingerprint density at radius 2 is 1.88 bits per heavy atom. The van der Waals surface area contributed by atoms with Crippen molar-refractivity contribution >= 4 is 0 Å². The zero-order chi connectivity index (χ0) is 12.4. The van der Waals surface area contributed by atoms with E-state index in [2.05, 4.69) is 32.0 Å². The molecule has 17 heavy (non-hydrogen) atoms. The van der Waals surface area contributed by atoms with Gasteiger partial charge in [0.2, 0.25) is 0 Å². The minimum absolute atomic E-state index is 0.464. The normalized spacial score (nSPS) is 13.0. The van der Waals surface area contributed by atoms with Crippen molar-refractivity contribution in [3.8, 4) is 0 Å². The summed E-state index contributed by atoms with van der Waals surface area (Å²) >= 11 is 0. The highest BCUT2D eigenvalue weighted by atomic mass is 16.3. The highest BCUT2D eigenvalue weighted by molar-refractivity contribution is 5.38. The van der Waals surface area contributed by atoms with Crippen LogP contribution in [-0.4, -0.2) is 5.11 Å². The molecule has 1 aromatic carbocycles. The van der Waals surface area contributed by atoms with Gasteiger partial charge in [0.1, 0.15) is 6.10 Å². The van der Waals surface area contributed by atoms with Crippen molar-refractivity contribution in [1.29, 1.82) is 0 Å². The molecule has 0 bridgehead atoms. The van der Waals surface area contributed by atoms with Gasteiger partial charge in [-0.3, -0.25) is 0 Å². The Kier molecular flexibility index (Phi) is 3.34. The highest BCUT2D eigenvalue weighted by Gasteiger charge is 2.15. The monoisotopic (exact) mass is 230 g/mol. The summed E-state index contributed by atoms with van der Waals surface area (Å²) in [4.78, 5) is 0. The van der Waals surface area contributed by atoms with Crippen LogP contribution in [0.15, 0.2) is 41.2 Å². The lowest BCUT2D eigenvalue weighted by molar-refractivity contribution is 0.218. The van der Waals surface area contributed by atoms with E-state index in [0.29, 0.717) is 5.92 Å². The maximum atomic E-state index is 10.3. The first-order chi connectivity index (χ1) is 8.09. The van der Waals surface area contributed by atoms with Gasteiger partial charge < -0.3 is 9.52 Å². The zero-order valence-corrected chi connectivity index (χ0v) is 10.5. The molecule has 1 N–H and O–H groups in total. The maximum Gasteiger partial charge on any atom is 0.107 e. The molecule has 0 saturated carbocycles. The molecule has 0 radical (unpaired) electrons. The van der Waals surface area contributed by atoms with Crippen molar-refractivity contribution in [3.05, 3.63) is 59.0 Å². The van der Waals surface area contributed by atoms with Crippen molar-refractivity contribution in [1.82, 2.24) is 0 Å². The minimum atomic E-state index is -0.604. The van der Waals surface area contributed by atoms with Gasteiger partial charge in [-0.05, 0) is 35.6 Å². The van der Waals surface area contributed by atoms with Crippen LogP contribution < -0.4 is 0 Å². The molecule has 0 aliphatic carbocycles. The van der Waals surface area contributed by atoms with Crippen LogP contribution in [0.3, 0.4) is 0 Å². The van der Waals surface area contributed by atoms with E-state index in [-0.39, 0.29) is 0 Å². The number of hydrogen-bond donors (Lipinski definition) is 1. The molecule has 2 heteroatoms. The molecule has 1 unspecified atom stereocenters. The molecule has 0 amide bonds. The Morgan fingerprint density at radius 3 is 2.47 bits per heavy atom. The second-order valence-corrected chi connectivity index (χ2v) is 4.73. The highest BCUT2D eigenvalue weighted by Crippen LogP contribution is 2.28. The lowest BCUT2D eigenvalue weighted by Crippen LogP contribution is -2.02. The molecule has 1 aromatic heterocycles. The molecule has 0 aliphatic rings. The van der Waals surface area contributed by atoms with Crippen LogP contribution in [0.5, 0.6) is 0 Å². The molecule has 2 nitrogen and oxygen atoms in total. The largest absolute Gasteiger partial charge is 0.472 e. The smallest absolute Gasteiger partial charge is 0.107 e. The lowest BCUT2D eigenvalue weighted by Gasteiger charge is -2.15. The summed E-state index contributed by atoms with van der Waals surface area (Å²) in [7, 11) is 0. The van der Waals surface area contributed by atoms with E-state index in [1.807, 2.05) is 6.92 Å². The van der Waals surface area contributed by atoms with E-state index >= 15 is 0 Å². The number of aliphatic hydroxyl groups excluding tert-OH is 1. The van der Waals surface area contributed by atoms with Crippen molar-refractivity contribution in [3.63, 3.8) is 0 Å². The fraction of sp³-hybridized carbons (Fsp3) is 0.333. The third kappa shape index (κ3) is 2.42. The lowest BCUT2D eigenvalue weighted by atomic mass is 9.93. The summed E-state index contributed by atoms with van der Waals surface area (Å²) < 4.78 is 5.01. The van der Waals surface area contributed by atoms with Gasteiger partial charge in [0.25, 0.3) is 0 Å². The molecule has 0 spiro atoms. The molecule has 1 heterocycles. The standard InChI is InChI=1S/C15H18O2/c1-10(2)12-5-4-11(3)14(8-12)15(16)13-6-7-17-9-13/h4-10,15-16H,1-3H3. The summed E-state index contributed by atoms with van der Waals surface area (Å²) in [6.45, 7) is 6.32. The molecule has 90 valence electrons. The van der Waals surface area contributed by atoms with Gasteiger partial charge in [-0.25, -0.2) is 0 Å². The fourth-order valence-corrected chi connectivity index (χ4v) is 1.92. The number of rotatable bonds is 3. The van der Waals surface area contributed by atoms with Gasteiger partial charge >= 0.3 is 0 Å². The Bertz CT molecular complexity index is 484. The van der Waals surface area contributed by atoms with Crippen LogP contribution in [0.1, 0.15) is 48.1 Å². The third-order valence-electron chi connectivity index (χ3n) is 3.12. The Hall–Kier alpha value is -1.54. The SMILES string of the molecule is Cc1ccc(C(C)C)cc1C(O)c1ccoc1. The van der Waals surface area contributed by atoms with E-state index in [9.17, 15) is 5.11 Å². The van der Waals surface area contributed by atoms with Gasteiger partial charge in [-0.1, -0.05) is 32.0 Å². The molecule has 0 fully saturated rings. The van der Waals surface area contributed by atoms with Crippen LogP contribution in [0, 0.1) is 6.92 Å². The molecule has 0 aliphatic heterocycles. The summed E-state index contributed by atoms with van der Waals surface area (Å²) in [5, 5.41) is 10.3. The van der Waals surface area contributed by atoms with Crippen molar-refractivity contribution in [2.45, 2.75) is 32.8 Å². The van der Waals surface area contributed by atoms with Crippen LogP contribution in [0.4, 0.5) is 0 Å². The molecule has 2 rings (SSSR count). The first-order valence-corrected chi connectivity index (χ1v) is 5.90. The van der Waals surface area contributed by atoms with E-state index in [1.54, 1.807) is 18.6 Å². The summed E-state index contributed by atoms with van der Waals surface area (Å²) in [6, 6.07) is 8.06. The van der Waals surface area contributed by atoms with Gasteiger partial charge in [-0.15, -0.1) is 0 Å². The Balaban J connectivity index is 2.40. The third-order valence-corrected chi connectivity index (χ3v) is 3.12. The Morgan fingerprint density at radius 1 is 1.12 bits per heavy atom. The number of furan rings is 1. The van der Waals surface area contributed by atoms with Gasteiger partial charge in [0, 0.05) is 5.56 Å². The predicted octanol–water partition coefficient (Wildman–Crippen LogP) is 3.79. The molecular formula is C15H18O2. The first kappa shape index (κ1) is 11.9. The topological polar surface area (TPSA) is 33.4 Å². The van der Waals surface area contributed by atoms with Gasteiger partial charge in [0.05, 0.1) is 12.5 Å². The average Bonchev–Trinajstić information content (AvgIpc) is 2.81. The van der Waals surface area contributed by atoms with Crippen LogP contribution >= 0.6 is 0 Å². The summed E-state index contributed by atoms with van der Waals surface area (Å²) in [5.74, 6) is 0.464.